The number of Topliss-reactive ketones (excluding diaryl/α,β-unsaturated/α-hetero) is 1. The molecule has 0 atom stereocenters. The van der Waals surface area contributed by atoms with Crippen LogP contribution in [0, 0.1) is 0 Å². The predicted octanol–water partition coefficient (Wildman–Crippen LogP) is 1.88. The van der Waals surface area contributed by atoms with Gasteiger partial charge in [-0.2, -0.15) is 0 Å². The Morgan fingerprint density at radius 3 is 2.82 bits per heavy atom. The van der Waals surface area contributed by atoms with Crippen molar-refractivity contribution in [2.24, 2.45) is 0 Å². The monoisotopic (exact) mass is 149 g/mol. The summed E-state index contributed by atoms with van der Waals surface area (Å²) in [6.45, 7) is 4.20. The Hall–Kier alpha value is -1.05. The molecule has 2 heteroatoms. The van der Waals surface area contributed by atoms with E-state index in [0.717, 1.165) is 5.56 Å². The molecule has 0 fully saturated rings. The van der Waals surface area contributed by atoms with E-state index in [1.807, 2.05) is 6.20 Å². The summed E-state index contributed by atoms with van der Waals surface area (Å²) in [6, 6.07) is 0. The van der Waals surface area contributed by atoms with Gasteiger partial charge in [0.2, 0.25) is 0 Å². The minimum atomic E-state index is 0.0480. The van der Waals surface area contributed by atoms with Crippen LogP contribution in [0.4, 0.5) is 0 Å². The summed E-state index contributed by atoms with van der Waals surface area (Å²) in [6.07, 6.45) is 4.39. The Morgan fingerprint density at radius 2 is 2.18 bits per heavy atom. The van der Waals surface area contributed by atoms with Crippen molar-refractivity contribution in [3.05, 3.63) is 23.5 Å². The minimum Gasteiger partial charge on any atom is -0.367 e. The quantitative estimate of drug-likeness (QED) is 0.600. The van der Waals surface area contributed by atoms with Crippen molar-refractivity contribution in [3.63, 3.8) is 0 Å². The lowest BCUT2D eigenvalue weighted by Gasteiger charge is -2.15. The highest BCUT2D eigenvalue weighted by Gasteiger charge is 2.36. The number of nitrogens with one attached hydrogen (secondary N) is 1. The van der Waals surface area contributed by atoms with Crippen molar-refractivity contribution in [1.82, 2.24) is 4.98 Å². The molecule has 0 aromatic carbocycles. The number of H-pyrrole nitrogens is 1. The number of fused-ring (bicyclic) bond motifs is 1. The summed E-state index contributed by atoms with van der Waals surface area (Å²) >= 11 is 0. The summed E-state index contributed by atoms with van der Waals surface area (Å²) in [5.74, 6) is 0.270. The zero-order chi connectivity index (χ0) is 8.06. The number of hydrogen-bond acceptors (Lipinski definition) is 1. The number of aromatic nitrogens is 1. The highest BCUT2D eigenvalue weighted by molar-refractivity contribution is 6.01. The molecule has 1 N–H and O–H groups in total. The van der Waals surface area contributed by atoms with Gasteiger partial charge in [0.15, 0.2) is 5.78 Å². The second kappa shape index (κ2) is 1.76. The molecule has 1 heterocycles. The molecule has 0 saturated carbocycles. The van der Waals surface area contributed by atoms with E-state index in [2.05, 4.69) is 18.8 Å². The van der Waals surface area contributed by atoms with E-state index in [4.69, 9.17) is 0 Å². The van der Waals surface area contributed by atoms with Crippen LogP contribution in [0.25, 0.3) is 0 Å². The van der Waals surface area contributed by atoms with Gasteiger partial charge in [0, 0.05) is 24.4 Å². The molecule has 0 spiro atoms. The summed E-state index contributed by atoms with van der Waals surface area (Å²) in [4.78, 5) is 14.3. The van der Waals surface area contributed by atoms with Gasteiger partial charge in [-0.15, -0.1) is 0 Å². The molecule has 58 valence electrons. The van der Waals surface area contributed by atoms with Gasteiger partial charge in [0.25, 0.3) is 0 Å². The lowest BCUT2D eigenvalue weighted by molar-refractivity contribution is 0.0979. The van der Waals surface area contributed by atoms with Gasteiger partial charge in [-0.05, 0) is 11.0 Å². The zero-order valence-electron chi connectivity index (χ0n) is 6.77. The third kappa shape index (κ3) is 0.754. The van der Waals surface area contributed by atoms with Crippen LogP contribution in [0.3, 0.4) is 0 Å². The largest absolute Gasteiger partial charge is 0.367 e. The van der Waals surface area contributed by atoms with Crippen LogP contribution < -0.4 is 0 Å². The Bertz CT molecular complexity index is 309. The van der Waals surface area contributed by atoms with E-state index in [0.29, 0.717) is 6.42 Å². The molecule has 1 aromatic heterocycles. The highest BCUT2D eigenvalue weighted by Crippen LogP contribution is 2.37. The smallest absolute Gasteiger partial charge is 0.165 e. The molecular weight excluding hydrogens is 138 g/mol. The Morgan fingerprint density at radius 1 is 1.45 bits per heavy atom. The topological polar surface area (TPSA) is 32.9 Å². The Kier molecular flexibility index (Phi) is 1.06. The average molecular weight is 149 g/mol. The SMILES string of the molecule is CC1(C)CC(=O)c2c[nH]cc21. The zero-order valence-corrected chi connectivity index (χ0v) is 6.77. The van der Waals surface area contributed by atoms with E-state index in [-0.39, 0.29) is 11.2 Å². The first kappa shape index (κ1) is 6.65. The van der Waals surface area contributed by atoms with Crippen LogP contribution in [0.2, 0.25) is 0 Å². The van der Waals surface area contributed by atoms with Gasteiger partial charge in [-0.3, -0.25) is 4.79 Å². The van der Waals surface area contributed by atoms with Crippen molar-refractivity contribution in [2.75, 3.05) is 0 Å². The molecular formula is C9H11NO. The van der Waals surface area contributed by atoms with E-state index >= 15 is 0 Å². The molecule has 1 aliphatic carbocycles. The normalized spacial score (nSPS) is 20.4. The van der Waals surface area contributed by atoms with Gasteiger partial charge < -0.3 is 4.98 Å². The fraction of sp³-hybridized carbons (Fsp3) is 0.444. The van der Waals surface area contributed by atoms with Gasteiger partial charge in [0.1, 0.15) is 0 Å². The molecule has 0 unspecified atom stereocenters. The molecule has 1 aromatic rings. The standard InChI is InChI=1S/C9H11NO/c1-9(2)3-8(11)6-4-10-5-7(6)9/h4-5,10H,3H2,1-2H3. The average Bonchev–Trinajstić information content (AvgIpc) is 2.37. The van der Waals surface area contributed by atoms with Crippen LogP contribution in [-0.2, 0) is 5.41 Å². The number of aromatic amines is 1. The number of carbonyl (C=O) groups is 1. The van der Waals surface area contributed by atoms with Crippen molar-refractivity contribution < 1.29 is 4.79 Å². The summed E-state index contributed by atoms with van der Waals surface area (Å²) in [7, 11) is 0. The fourth-order valence-corrected chi connectivity index (χ4v) is 1.75. The first-order chi connectivity index (χ1) is 5.11. The van der Waals surface area contributed by atoms with E-state index < -0.39 is 0 Å². The lowest BCUT2D eigenvalue weighted by Crippen LogP contribution is -2.12. The van der Waals surface area contributed by atoms with Crippen LogP contribution in [-0.4, -0.2) is 10.8 Å². The third-order valence-corrected chi connectivity index (χ3v) is 2.38. The Labute approximate surface area is 65.6 Å². The molecule has 0 saturated heterocycles. The molecule has 2 nitrogen and oxygen atoms in total. The number of hydrogen-bond donors (Lipinski definition) is 1. The lowest BCUT2D eigenvalue weighted by atomic mass is 9.88. The number of ketones is 1. The van der Waals surface area contributed by atoms with E-state index in [9.17, 15) is 4.79 Å². The van der Waals surface area contributed by atoms with E-state index in [1.165, 1.54) is 5.56 Å². The molecule has 0 amide bonds. The first-order valence-corrected chi connectivity index (χ1v) is 3.82. The summed E-state index contributed by atoms with van der Waals surface area (Å²) in [5.41, 5.74) is 2.10. The highest BCUT2D eigenvalue weighted by atomic mass is 16.1. The molecule has 0 radical (unpaired) electrons. The van der Waals surface area contributed by atoms with Crippen molar-refractivity contribution in [2.45, 2.75) is 25.7 Å². The third-order valence-electron chi connectivity index (χ3n) is 2.38. The minimum absolute atomic E-state index is 0.0480. The summed E-state index contributed by atoms with van der Waals surface area (Å²) in [5, 5.41) is 0. The fourth-order valence-electron chi connectivity index (χ4n) is 1.75. The molecule has 2 rings (SSSR count). The van der Waals surface area contributed by atoms with Gasteiger partial charge in [-0.1, -0.05) is 13.8 Å². The van der Waals surface area contributed by atoms with Crippen molar-refractivity contribution in [3.8, 4) is 0 Å². The summed E-state index contributed by atoms with van der Waals surface area (Å²) < 4.78 is 0. The van der Waals surface area contributed by atoms with Gasteiger partial charge >= 0.3 is 0 Å². The van der Waals surface area contributed by atoms with Crippen LogP contribution in [0.5, 0.6) is 0 Å². The predicted molar refractivity (Wildman–Crippen MR) is 42.8 cm³/mol. The second-order valence-electron chi connectivity index (χ2n) is 3.77. The maximum absolute atomic E-state index is 11.3. The maximum Gasteiger partial charge on any atom is 0.165 e. The van der Waals surface area contributed by atoms with E-state index in [1.54, 1.807) is 6.20 Å². The molecule has 11 heavy (non-hydrogen) atoms. The molecule has 0 bridgehead atoms. The van der Waals surface area contributed by atoms with Gasteiger partial charge in [0.05, 0.1) is 0 Å². The van der Waals surface area contributed by atoms with Crippen LogP contribution >= 0.6 is 0 Å². The number of carbonyl (C=O) groups excluding carboxylic acids is 1. The second-order valence-corrected chi connectivity index (χ2v) is 3.77. The maximum atomic E-state index is 11.3. The van der Waals surface area contributed by atoms with Crippen molar-refractivity contribution in [1.29, 1.82) is 0 Å². The molecule has 1 aliphatic rings. The number of rotatable bonds is 0. The van der Waals surface area contributed by atoms with Crippen molar-refractivity contribution >= 4 is 5.78 Å². The first-order valence-electron chi connectivity index (χ1n) is 3.82. The Balaban J connectivity index is 2.63. The van der Waals surface area contributed by atoms with Gasteiger partial charge in [-0.25, -0.2) is 0 Å². The molecule has 0 aliphatic heterocycles. The van der Waals surface area contributed by atoms with Crippen LogP contribution in [0.15, 0.2) is 12.4 Å². The van der Waals surface area contributed by atoms with Crippen LogP contribution in [0.1, 0.15) is 36.2 Å².